The van der Waals surface area contributed by atoms with Gasteiger partial charge in [0.2, 0.25) is 0 Å². The molecule has 1 aromatic carbocycles. The maximum atomic E-state index is 12.4. The number of aromatic nitrogens is 1. The first-order valence-corrected chi connectivity index (χ1v) is 7.22. The van der Waals surface area contributed by atoms with Crippen LogP contribution in [0.25, 0.3) is 0 Å². The minimum atomic E-state index is -0.159. The van der Waals surface area contributed by atoms with Crippen LogP contribution in [0.2, 0.25) is 0 Å². The molecule has 2 rings (SSSR count). The highest BCUT2D eigenvalue weighted by Crippen LogP contribution is 2.21. The number of nitrogens with zero attached hydrogens (tertiary/aromatic N) is 1. The topological polar surface area (TPSA) is 60.1 Å². The quantitative estimate of drug-likeness (QED) is 0.891. The third kappa shape index (κ3) is 3.22. The van der Waals surface area contributed by atoms with E-state index in [2.05, 4.69) is 21.2 Å². The molecule has 2 aromatic rings. The molecule has 0 aliphatic carbocycles. The molecule has 1 heterocycles. The number of carbonyl (C=O) groups is 1. The average molecular weight is 336 g/mol. The van der Waals surface area contributed by atoms with Crippen LogP contribution >= 0.6 is 15.9 Å². The Morgan fingerprint density at radius 2 is 2.00 bits per heavy atom. The molecule has 106 valence electrons. The highest BCUT2D eigenvalue weighted by atomic mass is 79.9. The smallest absolute Gasteiger partial charge is 0.272 e. The SMILES string of the molecule is Cc1cc(Br)cc(NC(=O)c2cc(N)cn2C(C)C)c1. The third-order valence-electron chi connectivity index (χ3n) is 2.96. The zero-order chi connectivity index (χ0) is 14.9. The van der Waals surface area contributed by atoms with Crippen molar-refractivity contribution in [3.63, 3.8) is 0 Å². The lowest BCUT2D eigenvalue weighted by molar-refractivity contribution is 0.101. The number of benzene rings is 1. The fourth-order valence-corrected chi connectivity index (χ4v) is 2.72. The highest BCUT2D eigenvalue weighted by Gasteiger charge is 2.15. The van der Waals surface area contributed by atoms with Crippen LogP contribution in [0.1, 0.15) is 35.9 Å². The van der Waals surface area contributed by atoms with Gasteiger partial charge in [0.05, 0.1) is 5.69 Å². The van der Waals surface area contributed by atoms with Crippen LogP contribution in [0.15, 0.2) is 34.9 Å². The number of nitrogens with two attached hydrogens (primary N) is 1. The van der Waals surface area contributed by atoms with E-state index < -0.39 is 0 Å². The summed E-state index contributed by atoms with van der Waals surface area (Å²) in [6.07, 6.45) is 1.78. The standard InChI is InChI=1S/C15H18BrN3O/c1-9(2)19-8-12(17)7-14(19)15(20)18-13-5-10(3)4-11(16)6-13/h4-9H,17H2,1-3H3,(H,18,20). The predicted molar refractivity (Wildman–Crippen MR) is 86.1 cm³/mol. The van der Waals surface area contributed by atoms with Crippen molar-refractivity contribution in [2.24, 2.45) is 0 Å². The lowest BCUT2D eigenvalue weighted by Crippen LogP contribution is -2.17. The second-order valence-corrected chi connectivity index (χ2v) is 6.05. The molecule has 1 aromatic heterocycles. The van der Waals surface area contributed by atoms with Gasteiger partial charge in [-0.1, -0.05) is 15.9 Å². The number of hydrogen-bond donors (Lipinski definition) is 2. The molecule has 0 saturated heterocycles. The molecule has 0 unspecified atom stereocenters. The number of amides is 1. The molecule has 3 N–H and O–H groups in total. The van der Waals surface area contributed by atoms with Crippen LogP contribution in [0.4, 0.5) is 11.4 Å². The van der Waals surface area contributed by atoms with Crippen LogP contribution in [-0.2, 0) is 0 Å². The molecule has 1 amide bonds. The Morgan fingerprint density at radius 1 is 1.30 bits per heavy atom. The maximum absolute atomic E-state index is 12.4. The van der Waals surface area contributed by atoms with Crippen molar-refractivity contribution in [2.45, 2.75) is 26.8 Å². The van der Waals surface area contributed by atoms with E-state index in [0.29, 0.717) is 11.4 Å². The molecule has 0 aliphatic rings. The monoisotopic (exact) mass is 335 g/mol. The van der Waals surface area contributed by atoms with Crippen molar-refractivity contribution in [3.05, 3.63) is 46.2 Å². The lowest BCUT2D eigenvalue weighted by Gasteiger charge is -2.13. The average Bonchev–Trinajstić information content (AvgIpc) is 2.70. The Morgan fingerprint density at radius 3 is 2.60 bits per heavy atom. The van der Waals surface area contributed by atoms with Crippen molar-refractivity contribution < 1.29 is 4.79 Å². The first-order chi connectivity index (χ1) is 9.36. The van der Waals surface area contributed by atoms with Crippen LogP contribution in [0.5, 0.6) is 0 Å². The van der Waals surface area contributed by atoms with E-state index in [1.54, 1.807) is 12.3 Å². The summed E-state index contributed by atoms with van der Waals surface area (Å²) in [5, 5.41) is 2.90. The summed E-state index contributed by atoms with van der Waals surface area (Å²) >= 11 is 3.42. The number of hydrogen-bond acceptors (Lipinski definition) is 2. The van der Waals surface area contributed by atoms with E-state index in [0.717, 1.165) is 15.7 Å². The van der Waals surface area contributed by atoms with E-state index in [1.807, 2.05) is 43.5 Å². The number of nitrogens with one attached hydrogen (secondary N) is 1. The van der Waals surface area contributed by atoms with Gasteiger partial charge in [0, 0.05) is 22.4 Å². The van der Waals surface area contributed by atoms with Gasteiger partial charge in [-0.15, -0.1) is 0 Å². The summed E-state index contributed by atoms with van der Waals surface area (Å²) in [6, 6.07) is 7.66. The number of anilines is 2. The summed E-state index contributed by atoms with van der Waals surface area (Å²) in [5.74, 6) is -0.159. The molecular weight excluding hydrogens is 318 g/mol. The van der Waals surface area contributed by atoms with Crippen molar-refractivity contribution in [3.8, 4) is 0 Å². The molecule has 0 spiro atoms. The molecule has 20 heavy (non-hydrogen) atoms. The second kappa shape index (κ2) is 5.71. The fraction of sp³-hybridized carbons (Fsp3) is 0.267. The van der Waals surface area contributed by atoms with Gasteiger partial charge < -0.3 is 15.6 Å². The first-order valence-electron chi connectivity index (χ1n) is 6.42. The zero-order valence-corrected chi connectivity index (χ0v) is 13.4. The highest BCUT2D eigenvalue weighted by molar-refractivity contribution is 9.10. The van der Waals surface area contributed by atoms with Crippen LogP contribution in [0, 0.1) is 6.92 Å². The molecule has 0 radical (unpaired) electrons. The van der Waals surface area contributed by atoms with Gasteiger partial charge in [-0.05, 0) is 50.6 Å². The van der Waals surface area contributed by atoms with Gasteiger partial charge in [0.25, 0.3) is 5.91 Å². The van der Waals surface area contributed by atoms with Gasteiger partial charge in [0.1, 0.15) is 5.69 Å². The molecular formula is C15H18BrN3O. The Bertz CT molecular complexity index is 626. The Labute approximate surface area is 127 Å². The molecule has 0 bridgehead atoms. The zero-order valence-electron chi connectivity index (χ0n) is 11.8. The lowest BCUT2D eigenvalue weighted by atomic mass is 10.2. The fourth-order valence-electron chi connectivity index (χ4n) is 2.11. The number of aryl methyl sites for hydroxylation is 1. The second-order valence-electron chi connectivity index (χ2n) is 5.13. The van der Waals surface area contributed by atoms with Crippen LogP contribution in [-0.4, -0.2) is 10.5 Å². The van der Waals surface area contributed by atoms with E-state index in [4.69, 9.17) is 5.73 Å². The van der Waals surface area contributed by atoms with Gasteiger partial charge in [-0.3, -0.25) is 4.79 Å². The van der Waals surface area contributed by atoms with Crippen molar-refractivity contribution in [2.75, 3.05) is 11.1 Å². The Kier molecular flexibility index (Phi) is 4.18. The van der Waals surface area contributed by atoms with Crippen molar-refractivity contribution >= 4 is 33.2 Å². The van der Waals surface area contributed by atoms with E-state index in [1.165, 1.54) is 0 Å². The Balaban J connectivity index is 2.28. The van der Waals surface area contributed by atoms with E-state index in [9.17, 15) is 4.79 Å². The molecule has 0 atom stereocenters. The first kappa shape index (κ1) is 14.7. The predicted octanol–water partition coefficient (Wildman–Crippen LogP) is 3.97. The summed E-state index contributed by atoms with van der Waals surface area (Å²) in [6.45, 7) is 6.01. The summed E-state index contributed by atoms with van der Waals surface area (Å²) in [5.41, 5.74) is 8.78. The third-order valence-corrected chi connectivity index (χ3v) is 3.42. The summed E-state index contributed by atoms with van der Waals surface area (Å²) < 4.78 is 2.81. The number of nitrogen functional groups attached to an aromatic ring is 1. The number of halogens is 1. The molecule has 5 heteroatoms. The van der Waals surface area contributed by atoms with Gasteiger partial charge in [-0.25, -0.2) is 0 Å². The maximum Gasteiger partial charge on any atom is 0.272 e. The van der Waals surface area contributed by atoms with Crippen LogP contribution < -0.4 is 11.1 Å². The van der Waals surface area contributed by atoms with Gasteiger partial charge in [-0.2, -0.15) is 0 Å². The molecule has 0 saturated carbocycles. The van der Waals surface area contributed by atoms with E-state index >= 15 is 0 Å². The van der Waals surface area contributed by atoms with Crippen LogP contribution in [0.3, 0.4) is 0 Å². The molecule has 4 nitrogen and oxygen atoms in total. The minimum absolute atomic E-state index is 0.159. The number of rotatable bonds is 3. The summed E-state index contributed by atoms with van der Waals surface area (Å²) in [7, 11) is 0. The largest absolute Gasteiger partial charge is 0.397 e. The molecule has 0 fully saturated rings. The van der Waals surface area contributed by atoms with E-state index in [-0.39, 0.29) is 11.9 Å². The van der Waals surface area contributed by atoms with Crippen molar-refractivity contribution in [1.82, 2.24) is 4.57 Å². The van der Waals surface area contributed by atoms with Gasteiger partial charge >= 0.3 is 0 Å². The Hall–Kier alpha value is -1.75. The molecule has 0 aliphatic heterocycles. The van der Waals surface area contributed by atoms with Gasteiger partial charge in [0.15, 0.2) is 0 Å². The normalized spacial score (nSPS) is 10.8. The number of carbonyl (C=O) groups excluding carboxylic acids is 1. The van der Waals surface area contributed by atoms with Crippen molar-refractivity contribution in [1.29, 1.82) is 0 Å². The minimum Gasteiger partial charge on any atom is -0.397 e. The summed E-state index contributed by atoms with van der Waals surface area (Å²) in [4.78, 5) is 12.4.